The van der Waals surface area contributed by atoms with Crippen LogP contribution in [0.15, 0.2) is 18.2 Å². The summed E-state index contributed by atoms with van der Waals surface area (Å²) in [6.45, 7) is 1.93. The van der Waals surface area contributed by atoms with Crippen LogP contribution in [-0.4, -0.2) is 18.6 Å². The van der Waals surface area contributed by atoms with Gasteiger partial charge in [0.1, 0.15) is 17.7 Å². The van der Waals surface area contributed by atoms with Gasteiger partial charge in [0.15, 0.2) is 0 Å². The highest BCUT2D eigenvalue weighted by Crippen LogP contribution is 2.26. The first-order chi connectivity index (χ1) is 8.60. The van der Waals surface area contributed by atoms with Gasteiger partial charge in [0.05, 0.1) is 6.61 Å². The second kappa shape index (κ2) is 5.44. The maximum absolute atomic E-state index is 13.2. The van der Waals surface area contributed by atoms with Crippen molar-refractivity contribution in [1.82, 2.24) is 5.32 Å². The third-order valence-corrected chi connectivity index (χ3v) is 2.72. The van der Waals surface area contributed by atoms with E-state index in [0.29, 0.717) is 0 Å². The fourth-order valence-corrected chi connectivity index (χ4v) is 1.75. The van der Waals surface area contributed by atoms with E-state index < -0.39 is 23.6 Å². The molecule has 1 aliphatic carbocycles. The van der Waals surface area contributed by atoms with E-state index in [9.17, 15) is 13.6 Å². The van der Waals surface area contributed by atoms with Crippen LogP contribution in [0.4, 0.5) is 8.78 Å². The van der Waals surface area contributed by atoms with Gasteiger partial charge in [-0.05, 0) is 37.5 Å². The van der Waals surface area contributed by atoms with Crippen LogP contribution < -0.4 is 5.32 Å². The van der Waals surface area contributed by atoms with Crippen LogP contribution in [0.3, 0.4) is 0 Å². The molecule has 0 bridgehead atoms. The summed E-state index contributed by atoms with van der Waals surface area (Å²) in [7, 11) is 0. The summed E-state index contributed by atoms with van der Waals surface area (Å²) in [5.41, 5.74) is 0.262. The number of rotatable bonds is 5. The summed E-state index contributed by atoms with van der Waals surface area (Å²) >= 11 is 0. The van der Waals surface area contributed by atoms with Gasteiger partial charge in [-0.25, -0.2) is 13.6 Å². The first kappa shape index (κ1) is 13.0. The Morgan fingerprint density at radius 3 is 2.50 bits per heavy atom. The van der Waals surface area contributed by atoms with E-state index in [1.807, 2.05) is 0 Å². The van der Waals surface area contributed by atoms with Gasteiger partial charge in [-0.3, -0.25) is 5.32 Å². The standard InChI is InChI=1S/C13H15F2NO2/c1-2-18-13(17)12(16-11-3-4-11)8-5-9(14)7-10(15)6-8/h5-7,11-12,16H,2-4H2,1H3. The molecule has 1 aliphatic rings. The van der Waals surface area contributed by atoms with E-state index in [1.54, 1.807) is 6.92 Å². The lowest BCUT2D eigenvalue weighted by Gasteiger charge is -2.17. The van der Waals surface area contributed by atoms with Gasteiger partial charge in [-0.2, -0.15) is 0 Å². The van der Waals surface area contributed by atoms with Crippen LogP contribution in [0.2, 0.25) is 0 Å². The Morgan fingerprint density at radius 2 is 2.00 bits per heavy atom. The van der Waals surface area contributed by atoms with Crippen LogP contribution in [-0.2, 0) is 9.53 Å². The van der Waals surface area contributed by atoms with Gasteiger partial charge < -0.3 is 4.74 Å². The normalized spacial score (nSPS) is 16.4. The van der Waals surface area contributed by atoms with Crippen LogP contribution in [0.1, 0.15) is 31.4 Å². The molecule has 0 amide bonds. The number of carbonyl (C=O) groups is 1. The second-order valence-electron chi connectivity index (χ2n) is 4.33. The molecule has 2 rings (SSSR count). The van der Waals surface area contributed by atoms with Crippen molar-refractivity contribution < 1.29 is 18.3 Å². The minimum Gasteiger partial charge on any atom is -0.465 e. The zero-order valence-electron chi connectivity index (χ0n) is 10.1. The van der Waals surface area contributed by atoms with Crippen molar-refractivity contribution in [3.05, 3.63) is 35.4 Å². The lowest BCUT2D eigenvalue weighted by molar-refractivity contribution is -0.145. The van der Waals surface area contributed by atoms with Crippen molar-refractivity contribution >= 4 is 5.97 Å². The van der Waals surface area contributed by atoms with Crippen molar-refractivity contribution in [2.45, 2.75) is 31.8 Å². The zero-order chi connectivity index (χ0) is 13.1. The van der Waals surface area contributed by atoms with Crippen LogP contribution in [0.25, 0.3) is 0 Å². The SMILES string of the molecule is CCOC(=O)C(NC1CC1)c1cc(F)cc(F)c1. The molecule has 0 aliphatic heterocycles. The van der Waals surface area contributed by atoms with Gasteiger partial charge in [0.25, 0.3) is 0 Å². The smallest absolute Gasteiger partial charge is 0.327 e. The summed E-state index contributed by atoms with van der Waals surface area (Å²) in [6, 6.07) is 2.51. The maximum Gasteiger partial charge on any atom is 0.327 e. The molecular formula is C13H15F2NO2. The van der Waals surface area contributed by atoms with Gasteiger partial charge in [-0.15, -0.1) is 0 Å². The molecule has 0 aromatic heterocycles. The van der Waals surface area contributed by atoms with Gasteiger partial charge >= 0.3 is 5.97 Å². The molecule has 1 saturated carbocycles. The Labute approximate surface area is 104 Å². The minimum absolute atomic E-state index is 0.228. The highest BCUT2D eigenvalue weighted by atomic mass is 19.1. The predicted molar refractivity (Wildman–Crippen MR) is 61.9 cm³/mol. The third kappa shape index (κ3) is 3.26. The monoisotopic (exact) mass is 255 g/mol. The Morgan fingerprint density at radius 1 is 1.39 bits per heavy atom. The molecule has 18 heavy (non-hydrogen) atoms. The number of hydrogen-bond acceptors (Lipinski definition) is 3. The van der Waals surface area contributed by atoms with Crippen LogP contribution >= 0.6 is 0 Å². The van der Waals surface area contributed by atoms with Gasteiger partial charge in [0.2, 0.25) is 0 Å². The average Bonchev–Trinajstić information content (AvgIpc) is 3.08. The molecular weight excluding hydrogens is 240 g/mol. The Hall–Kier alpha value is -1.49. The first-order valence-corrected chi connectivity index (χ1v) is 5.99. The number of esters is 1. The van der Waals surface area contributed by atoms with Crippen molar-refractivity contribution in [3.8, 4) is 0 Å². The number of halogens is 2. The zero-order valence-corrected chi connectivity index (χ0v) is 10.1. The van der Waals surface area contributed by atoms with Crippen molar-refractivity contribution in [2.75, 3.05) is 6.61 Å². The summed E-state index contributed by atoms with van der Waals surface area (Å²) in [5.74, 6) is -1.90. The lowest BCUT2D eigenvalue weighted by atomic mass is 10.1. The quantitative estimate of drug-likeness (QED) is 0.821. The van der Waals surface area contributed by atoms with Gasteiger partial charge in [-0.1, -0.05) is 0 Å². The number of benzene rings is 1. The highest BCUT2D eigenvalue weighted by Gasteiger charge is 2.30. The Kier molecular flexibility index (Phi) is 3.91. The number of carbonyl (C=O) groups excluding carboxylic acids is 1. The van der Waals surface area contributed by atoms with E-state index in [0.717, 1.165) is 31.0 Å². The summed E-state index contributed by atoms with van der Waals surface area (Å²) in [6.07, 6.45) is 1.93. The average molecular weight is 255 g/mol. The summed E-state index contributed by atoms with van der Waals surface area (Å²) in [4.78, 5) is 11.8. The van der Waals surface area contributed by atoms with E-state index in [1.165, 1.54) is 0 Å². The highest BCUT2D eigenvalue weighted by molar-refractivity contribution is 5.77. The van der Waals surface area contributed by atoms with Crippen molar-refractivity contribution in [3.63, 3.8) is 0 Å². The number of hydrogen-bond donors (Lipinski definition) is 1. The van der Waals surface area contributed by atoms with Gasteiger partial charge in [0, 0.05) is 12.1 Å². The molecule has 3 nitrogen and oxygen atoms in total. The number of ether oxygens (including phenoxy) is 1. The molecule has 1 atom stereocenters. The molecule has 0 spiro atoms. The van der Waals surface area contributed by atoms with E-state index in [4.69, 9.17) is 4.74 Å². The summed E-state index contributed by atoms with van der Waals surface area (Å²) in [5, 5.41) is 3.04. The molecule has 1 aromatic carbocycles. The van der Waals surface area contributed by atoms with E-state index >= 15 is 0 Å². The molecule has 0 saturated heterocycles. The van der Waals surface area contributed by atoms with Crippen LogP contribution in [0.5, 0.6) is 0 Å². The molecule has 5 heteroatoms. The molecule has 1 aromatic rings. The molecule has 0 heterocycles. The first-order valence-electron chi connectivity index (χ1n) is 5.99. The molecule has 98 valence electrons. The molecule has 1 unspecified atom stereocenters. The van der Waals surface area contributed by atoms with Crippen LogP contribution in [0, 0.1) is 11.6 Å². The maximum atomic E-state index is 13.2. The van der Waals surface area contributed by atoms with Crippen molar-refractivity contribution in [1.29, 1.82) is 0 Å². The van der Waals surface area contributed by atoms with Crippen molar-refractivity contribution in [2.24, 2.45) is 0 Å². The second-order valence-corrected chi connectivity index (χ2v) is 4.33. The molecule has 0 radical (unpaired) electrons. The predicted octanol–water partition coefficient (Wildman–Crippen LogP) is 2.32. The number of nitrogens with one attached hydrogen (secondary N) is 1. The fourth-order valence-electron chi connectivity index (χ4n) is 1.75. The third-order valence-electron chi connectivity index (χ3n) is 2.72. The lowest BCUT2D eigenvalue weighted by Crippen LogP contribution is -2.32. The topological polar surface area (TPSA) is 38.3 Å². The van der Waals surface area contributed by atoms with E-state index in [2.05, 4.69) is 5.32 Å². The fraction of sp³-hybridized carbons (Fsp3) is 0.462. The molecule has 1 N–H and O–H groups in total. The largest absolute Gasteiger partial charge is 0.465 e. The Balaban J connectivity index is 2.22. The summed E-state index contributed by atoms with van der Waals surface area (Å²) < 4.78 is 31.3. The Bertz CT molecular complexity index is 426. The van der Waals surface area contributed by atoms with E-state index in [-0.39, 0.29) is 18.2 Å². The minimum atomic E-state index is -0.803. The molecule has 1 fully saturated rings.